The van der Waals surface area contributed by atoms with Gasteiger partial charge in [0.05, 0.1) is 12.5 Å². The number of piperidine rings is 1. The molecule has 1 aliphatic rings. The van der Waals surface area contributed by atoms with E-state index in [2.05, 4.69) is 6.07 Å². The van der Waals surface area contributed by atoms with Crippen LogP contribution in [0.25, 0.3) is 0 Å². The number of carbonyl (C=O) groups is 1. The number of carbonyl (C=O) groups excluding carboxylic acids is 1. The first-order valence-corrected chi connectivity index (χ1v) is 6.42. The first-order chi connectivity index (χ1) is 7.79. The molecule has 1 fully saturated rings. The summed E-state index contributed by atoms with van der Waals surface area (Å²) < 4.78 is 0. The van der Waals surface area contributed by atoms with Crippen molar-refractivity contribution < 1.29 is 4.79 Å². The quantitative estimate of drug-likeness (QED) is 0.786. The molecule has 16 heavy (non-hydrogen) atoms. The summed E-state index contributed by atoms with van der Waals surface area (Å²) in [5.41, 5.74) is 1.09. The Morgan fingerprint density at radius 3 is 2.88 bits per heavy atom. The molecule has 0 bridgehead atoms. The lowest BCUT2D eigenvalue weighted by atomic mass is 9.98. The highest BCUT2D eigenvalue weighted by molar-refractivity contribution is 7.07. The predicted octanol–water partition coefficient (Wildman–Crippen LogP) is 2.05. The van der Waals surface area contributed by atoms with E-state index < -0.39 is 0 Å². The Kier molecular flexibility index (Phi) is 3.58. The van der Waals surface area contributed by atoms with Crippen LogP contribution in [0.2, 0.25) is 0 Å². The van der Waals surface area contributed by atoms with Crippen molar-refractivity contribution in [3.63, 3.8) is 0 Å². The summed E-state index contributed by atoms with van der Waals surface area (Å²) in [6.07, 6.45) is 2.15. The van der Waals surface area contributed by atoms with E-state index in [-0.39, 0.29) is 11.8 Å². The van der Waals surface area contributed by atoms with Gasteiger partial charge in [0.25, 0.3) is 0 Å². The van der Waals surface area contributed by atoms with Crippen molar-refractivity contribution in [1.82, 2.24) is 4.90 Å². The minimum atomic E-state index is 0.144. The van der Waals surface area contributed by atoms with Gasteiger partial charge in [-0.15, -0.1) is 0 Å². The second-order valence-electron chi connectivity index (χ2n) is 4.09. The number of hydrogen-bond acceptors (Lipinski definition) is 3. The lowest BCUT2D eigenvalue weighted by Gasteiger charge is -2.29. The van der Waals surface area contributed by atoms with Crippen LogP contribution >= 0.6 is 11.3 Å². The Bertz CT molecular complexity index is 386. The Hall–Kier alpha value is -1.34. The van der Waals surface area contributed by atoms with Gasteiger partial charge in [0, 0.05) is 19.0 Å². The van der Waals surface area contributed by atoms with Crippen molar-refractivity contribution in [2.75, 3.05) is 13.1 Å². The number of hydrogen-bond donors (Lipinski definition) is 0. The predicted molar refractivity (Wildman–Crippen MR) is 62.9 cm³/mol. The molecule has 0 spiro atoms. The Morgan fingerprint density at radius 2 is 2.31 bits per heavy atom. The first kappa shape index (κ1) is 11.2. The maximum Gasteiger partial charge on any atom is 0.227 e. The standard InChI is InChI=1S/C12H14N2OS/c13-8-10-1-4-14(5-2-10)12(15)7-11-3-6-16-9-11/h3,6,9-10H,1-2,4-5,7H2. The van der Waals surface area contributed by atoms with Gasteiger partial charge in [0.2, 0.25) is 5.91 Å². The molecule has 0 N–H and O–H groups in total. The SMILES string of the molecule is N#CC1CCN(C(=O)Cc2ccsc2)CC1. The smallest absolute Gasteiger partial charge is 0.227 e. The molecule has 0 atom stereocenters. The Labute approximate surface area is 99.3 Å². The molecule has 0 radical (unpaired) electrons. The van der Waals surface area contributed by atoms with Gasteiger partial charge in [-0.2, -0.15) is 16.6 Å². The molecule has 2 heterocycles. The van der Waals surface area contributed by atoms with E-state index in [1.165, 1.54) is 0 Å². The van der Waals surface area contributed by atoms with E-state index in [1.54, 1.807) is 11.3 Å². The van der Waals surface area contributed by atoms with E-state index >= 15 is 0 Å². The molecule has 0 unspecified atom stereocenters. The van der Waals surface area contributed by atoms with Crippen LogP contribution in [0.3, 0.4) is 0 Å². The highest BCUT2D eigenvalue weighted by Gasteiger charge is 2.22. The summed E-state index contributed by atoms with van der Waals surface area (Å²) in [6, 6.07) is 4.26. The lowest BCUT2D eigenvalue weighted by molar-refractivity contribution is -0.131. The van der Waals surface area contributed by atoms with Crippen LogP contribution in [-0.2, 0) is 11.2 Å². The summed E-state index contributed by atoms with van der Waals surface area (Å²) in [4.78, 5) is 13.8. The number of amides is 1. The van der Waals surface area contributed by atoms with E-state index in [9.17, 15) is 4.79 Å². The summed E-state index contributed by atoms with van der Waals surface area (Å²) in [5.74, 6) is 0.333. The topological polar surface area (TPSA) is 44.1 Å². The summed E-state index contributed by atoms with van der Waals surface area (Å²) >= 11 is 1.62. The molecule has 3 nitrogen and oxygen atoms in total. The van der Waals surface area contributed by atoms with Crippen molar-refractivity contribution in [2.45, 2.75) is 19.3 Å². The summed E-state index contributed by atoms with van der Waals surface area (Å²) in [7, 11) is 0. The average molecular weight is 234 g/mol. The molecule has 4 heteroatoms. The zero-order valence-electron chi connectivity index (χ0n) is 9.06. The van der Waals surface area contributed by atoms with Crippen LogP contribution in [0.1, 0.15) is 18.4 Å². The first-order valence-electron chi connectivity index (χ1n) is 5.48. The van der Waals surface area contributed by atoms with Gasteiger partial charge in [0.15, 0.2) is 0 Å². The monoisotopic (exact) mass is 234 g/mol. The zero-order valence-corrected chi connectivity index (χ0v) is 9.87. The van der Waals surface area contributed by atoms with Gasteiger partial charge < -0.3 is 4.90 Å². The molecule has 0 aliphatic carbocycles. The number of rotatable bonds is 2. The van der Waals surface area contributed by atoms with E-state index in [1.807, 2.05) is 21.7 Å². The van der Waals surface area contributed by atoms with Crippen LogP contribution in [0.5, 0.6) is 0 Å². The van der Waals surface area contributed by atoms with Crippen LogP contribution < -0.4 is 0 Å². The van der Waals surface area contributed by atoms with Gasteiger partial charge in [-0.3, -0.25) is 4.79 Å². The van der Waals surface area contributed by atoms with Crippen LogP contribution in [-0.4, -0.2) is 23.9 Å². The lowest BCUT2D eigenvalue weighted by Crippen LogP contribution is -2.39. The molecule has 1 amide bonds. The van der Waals surface area contributed by atoms with Crippen LogP contribution in [0, 0.1) is 17.2 Å². The second kappa shape index (κ2) is 5.13. The van der Waals surface area contributed by atoms with Crippen molar-refractivity contribution in [1.29, 1.82) is 5.26 Å². The fourth-order valence-corrected chi connectivity index (χ4v) is 2.61. The Morgan fingerprint density at radius 1 is 1.56 bits per heavy atom. The highest BCUT2D eigenvalue weighted by atomic mass is 32.1. The molecular weight excluding hydrogens is 220 g/mol. The second-order valence-corrected chi connectivity index (χ2v) is 4.87. The van der Waals surface area contributed by atoms with Crippen molar-refractivity contribution in [3.05, 3.63) is 22.4 Å². The van der Waals surface area contributed by atoms with Crippen molar-refractivity contribution in [2.24, 2.45) is 5.92 Å². The molecule has 1 aromatic rings. The molecular formula is C12H14N2OS. The molecule has 0 saturated carbocycles. The maximum atomic E-state index is 11.9. The molecule has 1 aliphatic heterocycles. The normalized spacial score (nSPS) is 17.1. The minimum absolute atomic E-state index is 0.144. The van der Waals surface area contributed by atoms with Crippen LogP contribution in [0.4, 0.5) is 0 Å². The molecule has 1 aromatic heterocycles. The van der Waals surface area contributed by atoms with E-state index in [0.717, 1.165) is 31.5 Å². The van der Waals surface area contributed by atoms with E-state index in [0.29, 0.717) is 6.42 Å². The van der Waals surface area contributed by atoms with Gasteiger partial charge >= 0.3 is 0 Å². The zero-order chi connectivity index (χ0) is 11.4. The Balaban J connectivity index is 1.85. The third-order valence-electron chi connectivity index (χ3n) is 2.97. The van der Waals surface area contributed by atoms with Crippen molar-refractivity contribution in [3.8, 4) is 6.07 Å². The van der Waals surface area contributed by atoms with Gasteiger partial charge in [0.1, 0.15) is 0 Å². The summed E-state index contributed by atoms with van der Waals surface area (Å²) in [6.45, 7) is 1.47. The van der Waals surface area contributed by atoms with E-state index in [4.69, 9.17) is 5.26 Å². The number of nitrogens with zero attached hydrogens (tertiary/aromatic N) is 2. The average Bonchev–Trinajstić information content (AvgIpc) is 2.82. The number of thiophene rings is 1. The molecule has 84 valence electrons. The minimum Gasteiger partial charge on any atom is -0.342 e. The van der Waals surface area contributed by atoms with Gasteiger partial charge in [-0.05, 0) is 35.2 Å². The fraction of sp³-hybridized carbons (Fsp3) is 0.500. The molecule has 2 rings (SSSR count). The molecule has 1 saturated heterocycles. The highest BCUT2D eigenvalue weighted by Crippen LogP contribution is 2.17. The van der Waals surface area contributed by atoms with Gasteiger partial charge in [-0.25, -0.2) is 0 Å². The van der Waals surface area contributed by atoms with Crippen molar-refractivity contribution >= 4 is 17.2 Å². The number of nitriles is 1. The summed E-state index contributed by atoms with van der Waals surface area (Å²) in [5, 5.41) is 12.8. The fourth-order valence-electron chi connectivity index (χ4n) is 1.94. The third-order valence-corrected chi connectivity index (χ3v) is 3.70. The number of likely N-dealkylation sites (tertiary alicyclic amines) is 1. The van der Waals surface area contributed by atoms with Gasteiger partial charge in [-0.1, -0.05) is 0 Å². The molecule has 0 aromatic carbocycles. The largest absolute Gasteiger partial charge is 0.342 e. The van der Waals surface area contributed by atoms with Crippen LogP contribution in [0.15, 0.2) is 16.8 Å². The third kappa shape index (κ3) is 2.61. The maximum absolute atomic E-state index is 11.9.